The minimum Gasteiger partial charge on any atom is -0.355 e. The third kappa shape index (κ3) is 3.45. The molecule has 0 aliphatic carbocycles. The van der Waals surface area contributed by atoms with Crippen molar-refractivity contribution < 1.29 is 14.4 Å². The summed E-state index contributed by atoms with van der Waals surface area (Å²) in [7, 11) is 0. The molecule has 0 aromatic carbocycles. The number of amides is 3. The molecule has 0 aromatic heterocycles. The maximum atomic E-state index is 12.1. The topological polar surface area (TPSA) is 78.5 Å². The van der Waals surface area contributed by atoms with Crippen molar-refractivity contribution in [3.05, 3.63) is 0 Å². The second-order valence-electron chi connectivity index (χ2n) is 5.32. The van der Waals surface area contributed by atoms with E-state index in [1.807, 2.05) is 4.90 Å². The van der Waals surface area contributed by atoms with Crippen LogP contribution in [-0.2, 0) is 14.4 Å². The van der Waals surface area contributed by atoms with Crippen LogP contribution in [0.3, 0.4) is 0 Å². The second-order valence-corrected chi connectivity index (χ2v) is 5.32. The van der Waals surface area contributed by atoms with Crippen LogP contribution in [0.4, 0.5) is 0 Å². The quantitative estimate of drug-likeness (QED) is 0.733. The van der Waals surface area contributed by atoms with Gasteiger partial charge in [0.2, 0.25) is 17.7 Å². The van der Waals surface area contributed by atoms with E-state index in [0.717, 1.165) is 25.9 Å². The molecule has 2 rings (SSSR count). The van der Waals surface area contributed by atoms with Crippen molar-refractivity contribution in [2.45, 2.75) is 38.6 Å². The van der Waals surface area contributed by atoms with Crippen LogP contribution >= 0.6 is 0 Å². The van der Waals surface area contributed by atoms with Crippen LogP contribution in [0.25, 0.3) is 0 Å². The molecular formula is C13H21N3O3. The molecule has 2 atom stereocenters. The van der Waals surface area contributed by atoms with Gasteiger partial charge in [-0.2, -0.15) is 0 Å². The van der Waals surface area contributed by atoms with Crippen LogP contribution in [0.5, 0.6) is 0 Å². The summed E-state index contributed by atoms with van der Waals surface area (Å²) in [6.45, 7) is 3.64. The molecule has 0 bridgehead atoms. The summed E-state index contributed by atoms with van der Waals surface area (Å²) in [6, 6.07) is -0.513. The molecule has 106 valence electrons. The summed E-state index contributed by atoms with van der Waals surface area (Å²) >= 11 is 0. The third-order valence-electron chi connectivity index (χ3n) is 3.75. The highest BCUT2D eigenvalue weighted by molar-refractivity contribution is 5.92. The zero-order valence-corrected chi connectivity index (χ0v) is 11.3. The van der Waals surface area contributed by atoms with Crippen molar-refractivity contribution in [1.29, 1.82) is 0 Å². The minimum absolute atomic E-state index is 0.0228. The summed E-state index contributed by atoms with van der Waals surface area (Å²) in [5, 5.41) is 5.34. The molecule has 3 amide bonds. The fraction of sp³-hybridized carbons (Fsp3) is 0.769. The van der Waals surface area contributed by atoms with E-state index in [9.17, 15) is 14.4 Å². The van der Waals surface area contributed by atoms with Crippen LogP contribution in [0.1, 0.15) is 32.6 Å². The van der Waals surface area contributed by atoms with Crippen LogP contribution in [0.15, 0.2) is 0 Å². The van der Waals surface area contributed by atoms with Crippen LogP contribution in [0, 0.1) is 5.92 Å². The van der Waals surface area contributed by atoms with Gasteiger partial charge in [0.25, 0.3) is 0 Å². The first-order chi connectivity index (χ1) is 9.08. The fourth-order valence-corrected chi connectivity index (χ4v) is 2.57. The lowest BCUT2D eigenvalue weighted by Crippen LogP contribution is -2.49. The standard InChI is InChI=1S/C13H21N3O3/c1-9(13(19)16-5-3-2-4-6-16)15-12(18)10-7-11(17)14-8-10/h9-10H,2-8H2,1H3,(H,14,17)(H,15,18). The average Bonchev–Trinajstić information content (AvgIpc) is 2.85. The first kappa shape index (κ1) is 13.8. The predicted molar refractivity (Wildman–Crippen MR) is 69.2 cm³/mol. The second kappa shape index (κ2) is 6.04. The zero-order chi connectivity index (χ0) is 13.8. The predicted octanol–water partition coefficient (Wildman–Crippen LogP) is -0.360. The molecule has 2 heterocycles. The Bertz CT molecular complexity index is 377. The van der Waals surface area contributed by atoms with Crippen molar-refractivity contribution in [3.8, 4) is 0 Å². The molecule has 0 saturated carbocycles. The van der Waals surface area contributed by atoms with Crippen LogP contribution in [0.2, 0.25) is 0 Å². The van der Waals surface area contributed by atoms with E-state index in [-0.39, 0.29) is 30.1 Å². The lowest BCUT2D eigenvalue weighted by atomic mass is 10.1. The molecule has 6 heteroatoms. The SMILES string of the molecule is CC(NC(=O)C1CNC(=O)C1)C(=O)N1CCCCC1. The van der Waals surface area contributed by atoms with Crippen LogP contribution < -0.4 is 10.6 Å². The van der Waals surface area contributed by atoms with E-state index in [2.05, 4.69) is 10.6 Å². The molecule has 19 heavy (non-hydrogen) atoms. The molecule has 2 fully saturated rings. The number of piperidine rings is 1. The summed E-state index contributed by atoms with van der Waals surface area (Å²) in [5.74, 6) is -0.680. The smallest absolute Gasteiger partial charge is 0.244 e. The highest BCUT2D eigenvalue weighted by atomic mass is 16.2. The largest absolute Gasteiger partial charge is 0.355 e. The van der Waals surface area contributed by atoms with Gasteiger partial charge in [-0.3, -0.25) is 14.4 Å². The summed E-state index contributed by atoms with van der Waals surface area (Å²) in [4.78, 5) is 36.9. The molecule has 2 aliphatic rings. The Labute approximate surface area is 112 Å². The van der Waals surface area contributed by atoms with E-state index >= 15 is 0 Å². The van der Waals surface area contributed by atoms with Gasteiger partial charge in [-0.15, -0.1) is 0 Å². The molecule has 0 spiro atoms. The molecular weight excluding hydrogens is 246 g/mol. The van der Waals surface area contributed by atoms with E-state index in [1.165, 1.54) is 6.42 Å². The molecule has 0 radical (unpaired) electrons. The number of nitrogens with zero attached hydrogens (tertiary/aromatic N) is 1. The molecule has 2 unspecified atom stereocenters. The van der Waals surface area contributed by atoms with Crippen molar-refractivity contribution >= 4 is 17.7 Å². The highest BCUT2D eigenvalue weighted by Crippen LogP contribution is 2.12. The minimum atomic E-state index is -0.513. The number of hydrogen-bond donors (Lipinski definition) is 2. The Morgan fingerprint density at radius 2 is 2.00 bits per heavy atom. The van der Waals surface area contributed by atoms with Gasteiger partial charge in [0.1, 0.15) is 6.04 Å². The first-order valence-corrected chi connectivity index (χ1v) is 6.94. The molecule has 2 aliphatic heterocycles. The highest BCUT2D eigenvalue weighted by Gasteiger charge is 2.30. The first-order valence-electron chi connectivity index (χ1n) is 6.94. The number of nitrogens with one attached hydrogen (secondary N) is 2. The lowest BCUT2D eigenvalue weighted by Gasteiger charge is -2.29. The molecule has 0 aromatic rings. The van der Waals surface area contributed by atoms with Gasteiger partial charge in [0, 0.05) is 26.1 Å². The van der Waals surface area contributed by atoms with Gasteiger partial charge in [-0.05, 0) is 26.2 Å². The monoisotopic (exact) mass is 267 g/mol. The number of hydrogen-bond acceptors (Lipinski definition) is 3. The summed E-state index contributed by atoms with van der Waals surface area (Å²) in [6.07, 6.45) is 3.46. The van der Waals surface area contributed by atoms with E-state index in [0.29, 0.717) is 6.54 Å². The van der Waals surface area contributed by atoms with E-state index in [1.54, 1.807) is 6.92 Å². The maximum absolute atomic E-state index is 12.1. The molecule has 6 nitrogen and oxygen atoms in total. The molecule has 2 N–H and O–H groups in total. The fourth-order valence-electron chi connectivity index (χ4n) is 2.57. The van der Waals surface area contributed by atoms with Gasteiger partial charge in [-0.25, -0.2) is 0 Å². The normalized spacial score (nSPS) is 24.8. The Hall–Kier alpha value is -1.59. The third-order valence-corrected chi connectivity index (χ3v) is 3.75. The zero-order valence-electron chi connectivity index (χ0n) is 11.3. The Morgan fingerprint density at radius 3 is 2.58 bits per heavy atom. The Kier molecular flexibility index (Phi) is 4.39. The van der Waals surface area contributed by atoms with Crippen molar-refractivity contribution in [2.75, 3.05) is 19.6 Å². The Morgan fingerprint density at radius 1 is 1.32 bits per heavy atom. The average molecular weight is 267 g/mol. The number of likely N-dealkylation sites (tertiary alicyclic amines) is 1. The lowest BCUT2D eigenvalue weighted by molar-refractivity contribution is -0.137. The van der Waals surface area contributed by atoms with Gasteiger partial charge >= 0.3 is 0 Å². The van der Waals surface area contributed by atoms with Gasteiger partial charge in [0.15, 0.2) is 0 Å². The summed E-state index contributed by atoms with van der Waals surface area (Å²) < 4.78 is 0. The van der Waals surface area contributed by atoms with E-state index in [4.69, 9.17) is 0 Å². The van der Waals surface area contributed by atoms with E-state index < -0.39 is 6.04 Å². The van der Waals surface area contributed by atoms with Gasteiger partial charge in [-0.1, -0.05) is 0 Å². The van der Waals surface area contributed by atoms with Crippen molar-refractivity contribution in [1.82, 2.24) is 15.5 Å². The van der Waals surface area contributed by atoms with Gasteiger partial charge < -0.3 is 15.5 Å². The number of carbonyl (C=O) groups is 3. The van der Waals surface area contributed by atoms with Gasteiger partial charge in [0.05, 0.1) is 5.92 Å². The maximum Gasteiger partial charge on any atom is 0.244 e. The summed E-state index contributed by atoms with van der Waals surface area (Å²) in [5.41, 5.74) is 0. The van der Waals surface area contributed by atoms with Crippen molar-refractivity contribution in [3.63, 3.8) is 0 Å². The molecule has 2 saturated heterocycles. The van der Waals surface area contributed by atoms with Crippen molar-refractivity contribution in [2.24, 2.45) is 5.92 Å². The Balaban J connectivity index is 1.82. The number of rotatable bonds is 3. The van der Waals surface area contributed by atoms with Crippen LogP contribution in [-0.4, -0.2) is 48.3 Å². The number of carbonyl (C=O) groups excluding carboxylic acids is 3.